The van der Waals surface area contributed by atoms with E-state index in [0.717, 1.165) is 11.3 Å². The van der Waals surface area contributed by atoms with Crippen LogP contribution in [0.5, 0.6) is 5.75 Å². The summed E-state index contributed by atoms with van der Waals surface area (Å²) in [5.74, 6) is 0.562. The number of amides is 1. The van der Waals surface area contributed by atoms with Gasteiger partial charge in [0.15, 0.2) is 0 Å². The Morgan fingerprint density at radius 1 is 1.22 bits per heavy atom. The Morgan fingerprint density at radius 2 is 1.91 bits per heavy atom. The molecule has 0 aliphatic rings. The second-order valence-corrected chi connectivity index (χ2v) is 5.09. The number of anilines is 1. The summed E-state index contributed by atoms with van der Waals surface area (Å²) in [4.78, 5) is 12.0. The minimum atomic E-state index is -0.637. The second-order valence-electron chi connectivity index (χ2n) is 5.09. The average molecular weight is 311 g/mol. The molecule has 4 nitrogen and oxygen atoms in total. The van der Waals surface area contributed by atoms with E-state index in [1.165, 1.54) is 6.08 Å². The monoisotopic (exact) mass is 311 g/mol. The molecule has 120 valence electrons. The van der Waals surface area contributed by atoms with Crippen LogP contribution in [0.25, 0.3) is 6.08 Å². The normalized spacial score (nSPS) is 12.1. The fourth-order valence-corrected chi connectivity index (χ4v) is 2.16. The van der Waals surface area contributed by atoms with Crippen LogP contribution in [-0.4, -0.2) is 17.6 Å². The molecule has 0 saturated heterocycles. The van der Waals surface area contributed by atoms with Crippen LogP contribution in [0.4, 0.5) is 5.69 Å². The summed E-state index contributed by atoms with van der Waals surface area (Å²) < 4.78 is 5.37. The molecule has 0 bridgehead atoms. The Labute approximate surface area is 136 Å². The maximum absolute atomic E-state index is 12.0. The van der Waals surface area contributed by atoms with Crippen LogP contribution >= 0.6 is 0 Å². The lowest BCUT2D eigenvalue weighted by molar-refractivity contribution is -0.111. The van der Waals surface area contributed by atoms with Gasteiger partial charge in [0, 0.05) is 17.3 Å². The molecule has 0 aliphatic heterocycles. The highest BCUT2D eigenvalue weighted by Crippen LogP contribution is 2.22. The molecular formula is C19H21NO3. The molecule has 4 heteroatoms. The molecule has 0 saturated carbocycles. The van der Waals surface area contributed by atoms with Crippen molar-refractivity contribution in [1.29, 1.82) is 0 Å². The number of hydrogen-bond donors (Lipinski definition) is 2. The quantitative estimate of drug-likeness (QED) is 0.798. The predicted octanol–water partition coefficient (Wildman–Crippen LogP) is 3.79. The van der Waals surface area contributed by atoms with Gasteiger partial charge < -0.3 is 15.2 Å². The van der Waals surface area contributed by atoms with Crippen molar-refractivity contribution in [1.82, 2.24) is 0 Å². The van der Waals surface area contributed by atoms with Gasteiger partial charge >= 0.3 is 0 Å². The fraction of sp³-hybridized carbons (Fsp3) is 0.211. The molecule has 2 N–H and O–H groups in total. The molecule has 2 aromatic rings. The highest BCUT2D eigenvalue weighted by molar-refractivity contribution is 6.02. The third-order valence-electron chi connectivity index (χ3n) is 3.29. The first kappa shape index (κ1) is 16.8. The number of aliphatic hydroxyl groups is 1. The first-order valence-electron chi connectivity index (χ1n) is 7.59. The Kier molecular flexibility index (Phi) is 5.94. The number of benzene rings is 2. The minimum absolute atomic E-state index is 0.244. The van der Waals surface area contributed by atoms with Gasteiger partial charge in [0.25, 0.3) is 0 Å². The van der Waals surface area contributed by atoms with Crippen LogP contribution < -0.4 is 10.1 Å². The molecule has 0 aliphatic carbocycles. The number of nitrogens with one attached hydrogen (secondary N) is 1. The van der Waals surface area contributed by atoms with Crippen molar-refractivity contribution in [3.8, 4) is 5.75 Å². The molecule has 1 unspecified atom stereocenters. The summed E-state index contributed by atoms with van der Waals surface area (Å²) in [5.41, 5.74) is 2.21. The van der Waals surface area contributed by atoms with Crippen molar-refractivity contribution < 1.29 is 14.6 Å². The third kappa shape index (κ3) is 4.97. The standard InChI is InChI=1S/C19H21NO3/c1-3-23-16-11-8-15(9-12-16)10-13-19(22)20-18-7-5-4-6-17(18)14(2)21/h4-14,21H,3H2,1-2H3,(H,20,22)/b13-10+. The minimum Gasteiger partial charge on any atom is -0.494 e. The van der Waals surface area contributed by atoms with Crippen LogP contribution in [0.3, 0.4) is 0 Å². The zero-order valence-electron chi connectivity index (χ0n) is 13.3. The Balaban J connectivity index is 2.02. The molecule has 0 fully saturated rings. The van der Waals surface area contributed by atoms with E-state index < -0.39 is 6.10 Å². The summed E-state index contributed by atoms with van der Waals surface area (Å²) in [6, 6.07) is 14.7. The molecule has 1 atom stereocenters. The van der Waals surface area contributed by atoms with Gasteiger partial charge in [-0.2, -0.15) is 0 Å². The number of rotatable bonds is 6. The van der Waals surface area contributed by atoms with Crippen LogP contribution in [0.15, 0.2) is 54.6 Å². The summed E-state index contributed by atoms with van der Waals surface area (Å²) >= 11 is 0. The van der Waals surface area contributed by atoms with Crippen LogP contribution in [-0.2, 0) is 4.79 Å². The fourth-order valence-electron chi connectivity index (χ4n) is 2.16. The summed E-state index contributed by atoms with van der Waals surface area (Å²) in [6.07, 6.45) is 2.56. The van der Waals surface area contributed by atoms with Crippen LogP contribution in [0.1, 0.15) is 31.1 Å². The molecule has 0 spiro atoms. The zero-order chi connectivity index (χ0) is 16.7. The highest BCUT2D eigenvalue weighted by atomic mass is 16.5. The number of para-hydroxylation sites is 1. The van der Waals surface area contributed by atoms with E-state index in [9.17, 15) is 9.90 Å². The topological polar surface area (TPSA) is 58.6 Å². The SMILES string of the molecule is CCOc1ccc(/C=C/C(=O)Nc2ccccc2C(C)O)cc1. The van der Waals surface area contributed by atoms with Gasteiger partial charge in [-0.1, -0.05) is 30.3 Å². The van der Waals surface area contributed by atoms with Crippen molar-refractivity contribution >= 4 is 17.7 Å². The van der Waals surface area contributed by atoms with Crippen molar-refractivity contribution in [3.63, 3.8) is 0 Å². The van der Waals surface area contributed by atoms with Gasteiger partial charge in [-0.25, -0.2) is 0 Å². The Hall–Kier alpha value is -2.59. The van der Waals surface area contributed by atoms with Gasteiger partial charge in [-0.15, -0.1) is 0 Å². The van der Waals surface area contributed by atoms with Crippen molar-refractivity contribution in [3.05, 3.63) is 65.7 Å². The van der Waals surface area contributed by atoms with E-state index in [1.807, 2.05) is 43.3 Å². The van der Waals surface area contributed by atoms with E-state index in [0.29, 0.717) is 17.9 Å². The third-order valence-corrected chi connectivity index (χ3v) is 3.29. The second kappa shape index (κ2) is 8.15. The molecule has 23 heavy (non-hydrogen) atoms. The molecule has 1 amide bonds. The van der Waals surface area contributed by atoms with E-state index >= 15 is 0 Å². The summed E-state index contributed by atoms with van der Waals surface area (Å²) in [6.45, 7) is 4.23. The van der Waals surface area contributed by atoms with E-state index in [-0.39, 0.29) is 5.91 Å². The number of aliphatic hydroxyl groups excluding tert-OH is 1. The predicted molar refractivity (Wildman–Crippen MR) is 92.4 cm³/mol. The van der Waals surface area contributed by atoms with Crippen LogP contribution in [0.2, 0.25) is 0 Å². The Bertz CT molecular complexity index is 675. The van der Waals surface area contributed by atoms with Gasteiger partial charge in [-0.05, 0) is 43.7 Å². The van der Waals surface area contributed by atoms with E-state index in [4.69, 9.17) is 4.74 Å². The molecule has 2 aromatic carbocycles. The lowest BCUT2D eigenvalue weighted by Crippen LogP contribution is -2.10. The summed E-state index contributed by atoms with van der Waals surface area (Å²) in [7, 11) is 0. The van der Waals surface area contributed by atoms with E-state index in [1.54, 1.807) is 25.1 Å². The molecular weight excluding hydrogens is 290 g/mol. The maximum Gasteiger partial charge on any atom is 0.248 e. The molecule has 2 rings (SSSR count). The lowest BCUT2D eigenvalue weighted by atomic mass is 10.1. The van der Waals surface area contributed by atoms with Gasteiger partial charge in [0.2, 0.25) is 5.91 Å². The Morgan fingerprint density at radius 3 is 2.57 bits per heavy atom. The maximum atomic E-state index is 12.0. The van der Waals surface area contributed by atoms with Gasteiger partial charge in [0.05, 0.1) is 12.7 Å². The number of hydrogen-bond acceptors (Lipinski definition) is 3. The van der Waals surface area contributed by atoms with Gasteiger partial charge in [0.1, 0.15) is 5.75 Å². The zero-order valence-corrected chi connectivity index (χ0v) is 13.3. The smallest absolute Gasteiger partial charge is 0.248 e. The molecule has 0 aromatic heterocycles. The van der Waals surface area contributed by atoms with Crippen molar-refractivity contribution in [2.24, 2.45) is 0 Å². The highest BCUT2D eigenvalue weighted by Gasteiger charge is 2.08. The van der Waals surface area contributed by atoms with Crippen molar-refractivity contribution in [2.45, 2.75) is 20.0 Å². The summed E-state index contributed by atoms with van der Waals surface area (Å²) in [5, 5.41) is 12.5. The van der Waals surface area contributed by atoms with E-state index in [2.05, 4.69) is 5.32 Å². The number of ether oxygens (including phenoxy) is 1. The largest absolute Gasteiger partial charge is 0.494 e. The molecule has 0 radical (unpaired) electrons. The van der Waals surface area contributed by atoms with Crippen molar-refractivity contribution in [2.75, 3.05) is 11.9 Å². The number of carbonyl (C=O) groups excluding carboxylic acids is 1. The van der Waals surface area contributed by atoms with Gasteiger partial charge in [-0.3, -0.25) is 4.79 Å². The average Bonchev–Trinajstić information content (AvgIpc) is 2.55. The first-order valence-corrected chi connectivity index (χ1v) is 7.59. The first-order chi connectivity index (χ1) is 11.1. The molecule has 0 heterocycles. The van der Waals surface area contributed by atoms with Crippen LogP contribution in [0, 0.1) is 0 Å². The number of carbonyl (C=O) groups is 1. The lowest BCUT2D eigenvalue weighted by Gasteiger charge is -2.11.